The summed E-state index contributed by atoms with van der Waals surface area (Å²) in [7, 11) is -3.67. The van der Waals surface area contributed by atoms with Crippen LogP contribution in [0.2, 0.25) is 0 Å². The van der Waals surface area contributed by atoms with Crippen molar-refractivity contribution >= 4 is 21.6 Å². The van der Waals surface area contributed by atoms with Crippen LogP contribution in [-0.2, 0) is 23.1 Å². The van der Waals surface area contributed by atoms with E-state index in [0.717, 1.165) is 21.8 Å². The molecule has 4 rings (SSSR count). The van der Waals surface area contributed by atoms with Gasteiger partial charge in [0.15, 0.2) is 0 Å². The summed E-state index contributed by atoms with van der Waals surface area (Å²) >= 11 is 0. The summed E-state index contributed by atoms with van der Waals surface area (Å²) in [6, 6.07) is 19.9. The minimum atomic E-state index is -3.67. The number of carbonyl (C=O) groups is 1. The zero-order valence-corrected chi connectivity index (χ0v) is 19.2. The van der Waals surface area contributed by atoms with Crippen molar-refractivity contribution in [1.29, 1.82) is 0 Å². The largest absolute Gasteiger partial charge is 0.348 e. The zero-order valence-electron chi connectivity index (χ0n) is 18.4. The van der Waals surface area contributed by atoms with Gasteiger partial charge in [0.2, 0.25) is 10.0 Å². The maximum Gasteiger partial charge on any atom is 0.251 e. The van der Waals surface area contributed by atoms with Crippen LogP contribution in [0.15, 0.2) is 91.5 Å². The predicted molar refractivity (Wildman–Crippen MR) is 129 cm³/mol. The molecule has 34 heavy (non-hydrogen) atoms. The third kappa shape index (κ3) is 5.49. The van der Waals surface area contributed by atoms with Crippen LogP contribution in [0.4, 0.5) is 10.1 Å². The zero-order chi connectivity index (χ0) is 24.1. The number of imidazole rings is 1. The van der Waals surface area contributed by atoms with E-state index in [0.29, 0.717) is 17.8 Å². The molecule has 1 amide bonds. The lowest BCUT2D eigenvalue weighted by Gasteiger charge is -2.23. The molecule has 0 fully saturated rings. The Hall–Kier alpha value is -3.98. The molecule has 0 aliphatic rings. The summed E-state index contributed by atoms with van der Waals surface area (Å²) in [5.74, 6) is -0.768. The molecule has 9 heteroatoms. The molecule has 1 N–H and O–H groups in total. The summed E-state index contributed by atoms with van der Waals surface area (Å²) in [6.07, 6.45) is 6.32. The van der Waals surface area contributed by atoms with Gasteiger partial charge < -0.3 is 9.88 Å². The number of rotatable bonds is 8. The van der Waals surface area contributed by atoms with Crippen molar-refractivity contribution < 1.29 is 17.6 Å². The maximum absolute atomic E-state index is 14.1. The van der Waals surface area contributed by atoms with Crippen LogP contribution in [0.1, 0.15) is 21.5 Å². The first-order valence-electron chi connectivity index (χ1n) is 10.5. The number of hydrogen-bond donors (Lipinski definition) is 1. The fourth-order valence-electron chi connectivity index (χ4n) is 3.44. The lowest BCUT2D eigenvalue weighted by atomic mass is 10.1. The van der Waals surface area contributed by atoms with Crippen LogP contribution < -0.4 is 9.62 Å². The number of nitrogens with zero attached hydrogens (tertiary/aromatic N) is 3. The van der Waals surface area contributed by atoms with E-state index in [1.54, 1.807) is 36.8 Å². The Bertz CT molecular complexity index is 1370. The van der Waals surface area contributed by atoms with Crippen LogP contribution in [-0.4, -0.2) is 30.1 Å². The SMILES string of the molecule is CS(=O)(=O)N(Cc1ccccc1F)c1ccc(C(=O)NCc2ccc(-n3ccnc3)cc2)cc1. The summed E-state index contributed by atoms with van der Waals surface area (Å²) in [5.41, 5.74) is 2.89. The monoisotopic (exact) mass is 478 g/mol. The van der Waals surface area contributed by atoms with E-state index in [4.69, 9.17) is 0 Å². The normalized spacial score (nSPS) is 11.2. The van der Waals surface area contributed by atoms with Gasteiger partial charge in [0.1, 0.15) is 5.82 Å². The van der Waals surface area contributed by atoms with Gasteiger partial charge in [-0.05, 0) is 48.0 Å². The average molecular weight is 479 g/mol. The Morgan fingerprint density at radius 2 is 1.74 bits per heavy atom. The minimum Gasteiger partial charge on any atom is -0.348 e. The van der Waals surface area contributed by atoms with Gasteiger partial charge in [-0.2, -0.15) is 0 Å². The number of carbonyl (C=O) groups excluding carboxylic acids is 1. The number of halogens is 1. The maximum atomic E-state index is 14.1. The van der Waals surface area contributed by atoms with Gasteiger partial charge in [-0.15, -0.1) is 0 Å². The molecule has 174 valence electrons. The number of anilines is 1. The number of sulfonamides is 1. The van der Waals surface area contributed by atoms with Crippen molar-refractivity contribution in [1.82, 2.24) is 14.9 Å². The van der Waals surface area contributed by atoms with E-state index in [-0.39, 0.29) is 18.0 Å². The van der Waals surface area contributed by atoms with E-state index in [1.165, 1.54) is 24.3 Å². The number of hydrogen-bond acceptors (Lipinski definition) is 4. The molecule has 0 aliphatic carbocycles. The van der Waals surface area contributed by atoms with E-state index in [9.17, 15) is 17.6 Å². The van der Waals surface area contributed by atoms with Crippen LogP contribution in [0.5, 0.6) is 0 Å². The van der Waals surface area contributed by atoms with Crippen LogP contribution in [0.3, 0.4) is 0 Å². The first kappa shape index (κ1) is 23.2. The highest BCUT2D eigenvalue weighted by Gasteiger charge is 2.20. The van der Waals surface area contributed by atoms with Gasteiger partial charge in [-0.1, -0.05) is 30.3 Å². The summed E-state index contributed by atoms with van der Waals surface area (Å²) < 4.78 is 41.7. The molecular formula is C25H23FN4O3S. The van der Waals surface area contributed by atoms with Crippen molar-refractivity contribution in [2.75, 3.05) is 10.6 Å². The molecule has 0 unspecified atom stereocenters. The Balaban J connectivity index is 1.42. The molecule has 0 aliphatic heterocycles. The molecular weight excluding hydrogens is 455 g/mol. The molecule has 3 aromatic carbocycles. The first-order chi connectivity index (χ1) is 16.3. The Kier molecular flexibility index (Phi) is 6.74. The molecule has 0 saturated heterocycles. The highest BCUT2D eigenvalue weighted by molar-refractivity contribution is 7.92. The highest BCUT2D eigenvalue weighted by Crippen LogP contribution is 2.22. The second-order valence-electron chi connectivity index (χ2n) is 7.73. The fraction of sp³-hybridized carbons (Fsp3) is 0.120. The van der Waals surface area contributed by atoms with Crippen molar-refractivity contribution in [3.8, 4) is 5.69 Å². The van der Waals surface area contributed by atoms with Gasteiger partial charge in [0.25, 0.3) is 5.91 Å². The fourth-order valence-corrected chi connectivity index (χ4v) is 4.32. The molecule has 0 bridgehead atoms. The van der Waals surface area contributed by atoms with Crippen molar-refractivity contribution in [3.63, 3.8) is 0 Å². The molecule has 0 atom stereocenters. The lowest BCUT2D eigenvalue weighted by Crippen LogP contribution is -2.30. The highest BCUT2D eigenvalue weighted by atomic mass is 32.2. The second kappa shape index (κ2) is 9.88. The number of amides is 1. The summed E-state index contributed by atoms with van der Waals surface area (Å²) in [6.45, 7) is 0.194. The average Bonchev–Trinajstić information content (AvgIpc) is 3.37. The molecule has 4 aromatic rings. The molecule has 0 spiro atoms. The number of nitrogens with one attached hydrogen (secondary N) is 1. The summed E-state index contributed by atoms with van der Waals surface area (Å²) in [5, 5.41) is 2.86. The quantitative estimate of drug-likeness (QED) is 0.416. The second-order valence-corrected chi connectivity index (χ2v) is 9.63. The summed E-state index contributed by atoms with van der Waals surface area (Å²) in [4.78, 5) is 16.6. The molecule has 7 nitrogen and oxygen atoms in total. The van der Waals surface area contributed by atoms with Gasteiger partial charge >= 0.3 is 0 Å². The Morgan fingerprint density at radius 1 is 1.03 bits per heavy atom. The third-order valence-corrected chi connectivity index (χ3v) is 6.42. The van der Waals surface area contributed by atoms with E-state index in [1.807, 2.05) is 35.0 Å². The molecule has 1 heterocycles. The predicted octanol–water partition coefficient (Wildman–Crippen LogP) is 3.91. The van der Waals surface area contributed by atoms with Gasteiger partial charge in [-0.3, -0.25) is 9.10 Å². The van der Waals surface area contributed by atoms with E-state index < -0.39 is 15.8 Å². The smallest absolute Gasteiger partial charge is 0.251 e. The van der Waals surface area contributed by atoms with Gasteiger partial charge in [0, 0.05) is 35.8 Å². The van der Waals surface area contributed by atoms with Crippen LogP contribution >= 0.6 is 0 Å². The van der Waals surface area contributed by atoms with Gasteiger partial charge in [0.05, 0.1) is 24.8 Å². The van der Waals surface area contributed by atoms with Gasteiger partial charge in [-0.25, -0.2) is 17.8 Å². The number of benzene rings is 3. The Morgan fingerprint density at radius 3 is 2.35 bits per heavy atom. The minimum absolute atomic E-state index is 0.147. The third-order valence-electron chi connectivity index (χ3n) is 5.28. The van der Waals surface area contributed by atoms with Crippen molar-refractivity contribution in [2.24, 2.45) is 0 Å². The topological polar surface area (TPSA) is 84.3 Å². The molecule has 0 saturated carbocycles. The molecule has 0 radical (unpaired) electrons. The first-order valence-corrected chi connectivity index (χ1v) is 12.3. The molecule has 1 aromatic heterocycles. The van der Waals surface area contributed by atoms with E-state index in [2.05, 4.69) is 10.3 Å². The number of aromatic nitrogens is 2. The van der Waals surface area contributed by atoms with Crippen LogP contribution in [0, 0.1) is 5.82 Å². The Labute approximate surface area is 197 Å². The van der Waals surface area contributed by atoms with Crippen LogP contribution in [0.25, 0.3) is 5.69 Å². The standard InChI is InChI=1S/C25H23FN4O3S/c1-34(32,33)30(17-21-4-2-3-5-24(21)26)23-12-8-20(9-13-23)25(31)28-16-19-6-10-22(11-7-19)29-15-14-27-18-29/h2-15,18H,16-17H2,1H3,(H,28,31). The lowest BCUT2D eigenvalue weighted by molar-refractivity contribution is 0.0951. The van der Waals surface area contributed by atoms with E-state index >= 15 is 0 Å². The van der Waals surface area contributed by atoms with Crippen molar-refractivity contribution in [2.45, 2.75) is 13.1 Å². The van der Waals surface area contributed by atoms with Crippen molar-refractivity contribution in [3.05, 3.63) is 114 Å².